The van der Waals surface area contributed by atoms with E-state index >= 15 is 0 Å². The number of piperidine rings is 1. The number of ether oxygens (including phenoxy) is 1. The maximum absolute atomic E-state index is 5.09. The van der Waals surface area contributed by atoms with E-state index in [9.17, 15) is 0 Å². The van der Waals surface area contributed by atoms with Gasteiger partial charge in [0.05, 0.1) is 0 Å². The second kappa shape index (κ2) is 7.20. The van der Waals surface area contributed by atoms with Gasteiger partial charge in [-0.1, -0.05) is 6.92 Å². The van der Waals surface area contributed by atoms with Crippen molar-refractivity contribution in [2.24, 2.45) is 0 Å². The van der Waals surface area contributed by atoms with Crippen LogP contribution in [0.5, 0.6) is 0 Å². The Labute approximate surface area is 94.2 Å². The van der Waals surface area contributed by atoms with Crippen molar-refractivity contribution in [2.75, 3.05) is 33.4 Å². The molecule has 2 atom stereocenters. The molecule has 0 saturated carbocycles. The lowest BCUT2D eigenvalue weighted by Gasteiger charge is -2.38. The molecule has 2 unspecified atom stereocenters. The van der Waals surface area contributed by atoms with E-state index in [0.29, 0.717) is 0 Å². The average Bonchev–Trinajstić information content (AvgIpc) is 2.22. The average molecular weight is 214 g/mol. The minimum atomic E-state index is 0.722. The van der Waals surface area contributed by atoms with E-state index in [1.807, 2.05) is 0 Å². The summed E-state index contributed by atoms with van der Waals surface area (Å²) in [4.78, 5) is 2.59. The van der Waals surface area contributed by atoms with Crippen molar-refractivity contribution in [3.63, 3.8) is 0 Å². The van der Waals surface area contributed by atoms with Gasteiger partial charge in [0.25, 0.3) is 0 Å². The predicted octanol–water partition coefficient (Wildman–Crippen LogP) is 1.49. The summed E-state index contributed by atoms with van der Waals surface area (Å²) < 4.78 is 5.09. The topological polar surface area (TPSA) is 24.5 Å². The van der Waals surface area contributed by atoms with Gasteiger partial charge in [-0.05, 0) is 39.3 Å². The minimum absolute atomic E-state index is 0.722. The summed E-state index contributed by atoms with van der Waals surface area (Å²) in [5.41, 5.74) is 0. The van der Waals surface area contributed by atoms with E-state index in [2.05, 4.69) is 24.1 Å². The van der Waals surface area contributed by atoms with Gasteiger partial charge in [0.2, 0.25) is 0 Å². The highest BCUT2D eigenvalue weighted by Gasteiger charge is 2.23. The largest absolute Gasteiger partial charge is 0.385 e. The van der Waals surface area contributed by atoms with Crippen LogP contribution in [0.25, 0.3) is 0 Å². The Kier molecular flexibility index (Phi) is 6.22. The summed E-state index contributed by atoms with van der Waals surface area (Å²) >= 11 is 0. The minimum Gasteiger partial charge on any atom is -0.385 e. The van der Waals surface area contributed by atoms with E-state index in [4.69, 9.17) is 4.74 Å². The molecule has 0 aromatic carbocycles. The lowest BCUT2D eigenvalue weighted by molar-refractivity contribution is 0.115. The number of methoxy groups -OCH3 is 1. The van der Waals surface area contributed by atoms with Crippen LogP contribution in [0.2, 0.25) is 0 Å². The summed E-state index contributed by atoms with van der Waals surface area (Å²) in [5.74, 6) is 0. The number of hydrogen-bond acceptors (Lipinski definition) is 3. The Morgan fingerprint density at radius 2 is 2.27 bits per heavy atom. The zero-order valence-electron chi connectivity index (χ0n) is 10.5. The number of nitrogens with zero attached hydrogens (tertiary/aromatic N) is 1. The molecule has 0 bridgehead atoms. The summed E-state index contributed by atoms with van der Waals surface area (Å²) in [6, 6.07) is 1.46. The molecule has 1 heterocycles. The van der Waals surface area contributed by atoms with Crippen LogP contribution < -0.4 is 5.32 Å². The van der Waals surface area contributed by atoms with Gasteiger partial charge in [-0.2, -0.15) is 0 Å². The maximum Gasteiger partial charge on any atom is 0.0474 e. The van der Waals surface area contributed by atoms with Crippen LogP contribution in [0, 0.1) is 0 Å². The van der Waals surface area contributed by atoms with Crippen molar-refractivity contribution in [3.05, 3.63) is 0 Å². The van der Waals surface area contributed by atoms with Crippen LogP contribution in [-0.2, 0) is 4.74 Å². The van der Waals surface area contributed by atoms with E-state index in [1.54, 1.807) is 7.11 Å². The highest BCUT2D eigenvalue weighted by atomic mass is 16.5. The normalized spacial score (nSPS) is 28.2. The molecule has 3 nitrogen and oxygen atoms in total. The van der Waals surface area contributed by atoms with E-state index in [1.165, 1.54) is 25.9 Å². The second-order valence-electron chi connectivity index (χ2n) is 4.51. The van der Waals surface area contributed by atoms with Crippen LogP contribution in [-0.4, -0.2) is 50.3 Å². The summed E-state index contributed by atoms with van der Waals surface area (Å²) in [6.07, 6.45) is 3.75. The van der Waals surface area contributed by atoms with E-state index in [-0.39, 0.29) is 0 Å². The van der Waals surface area contributed by atoms with Gasteiger partial charge in [0.1, 0.15) is 0 Å². The molecule has 0 aromatic heterocycles. The maximum atomic E-state index is 5.09. The molecular formula is C12H26N2O. The van der Waals surface area contributed by atoms with Crippen LogP contribution in [0.15, 0.2) is 0 Å². The molecule has 1 aliphatic rings. The lowest BCUT2D eigenvalue weighted by Crippen LogP contribution is -2.47. The first kappa shape index (κ1) is 12.9. The summed E-state index contributed by atoms with van der Waals surface area (Å²) in [6.45, 7) is 8.95. The van der Waals surface area contributed by atoms with Gasteiger partial charge in [-0.3, -0.25) is 0 Å². The van der Waals surface area contributed by atoms with Crippen molar-refractivity contribution in [2.45, 2.75) is 45.2 Å². The fourth-order valence-electron chi connectivity index (χ4n) is 2.44. The van der Waals surface area contributed by atoms with Crippen LogP contribution in [0.3, 0.4) is 0 Å². The van der Waals surface area contributed by atoms with Crippen molar-refractivity contribution in [1.82, 2.24) is 10.2 Å². The van der Waals surface area contributed by atoms with Gasteiger partial charge in [-0.25, -0.2) is 0 Å². The summed E-state index contributed by atoms with van der Waals surface area (Å²) in [7, 11) is 1.78. The molecule has 0 amide bonds. The number of hydrogen-bond donors (Lipinski definition) is 1. The third-order valence-electron chi connectivity index (χ3n) is 3.30. The zero-order chi connectivity index (χ0) is 11.1. The molecule has 3 heteroatoms. The first-order valence-corrected chi connectivity index (χ1v) is 6.24. The van der Waals surface area contributed by atoms with Crippen LogP contribution in [0.1, 0.15) is 33.1 Å². The molecule has 1 fully saturated rings. The SMILES string of the molecule is CCNC1CCN(CCCOC)C(C)C1. The second-order valence-corrected chi connectivity index (χ2v) is 4.51. The van der Waals surface area contributed by atoms with E-state index < -0.39 is 0 Å². The first-order chi connectivity index (χ1) is 7.27. The van der Waals surface area contributed by atoms with Gasteiger partial charge >= 0.3 is 0 Å². The van der Waals surface area contributed by atoms with Crippen molar-refractivity contribution >= 4 is 0 Å². The van der Waals surface area contributed by atoms with Crippen molar-refractivity contribution in [1.29, 1.82) is 0 Å². The molecule has 1 N–H and O–H groups in total. The standard InChI is InChI=1S/C12H26N2O/c1-4-13-12-6-8-14(11(2)10-12)7-5-9-15-3/h11-13H,4-10H2,1-3H3. The van der Waals surface area contributed by atoms with Gasteiger partial charge in [0.15, 0.2) is 0 Å². The van der Waals surface area contributed by atoms with Gasteiger partial charge < -0.3 is 15.0 Å². The van der Waals surface area contributed by atoms with Crippen LogP contribution >= 0.6 is 0 Å². The zero-order valence-corrected chi connectivity index (χ0v) is 10.5. The Morgan fingerprint density at radius 3 is 2.87 bits per heavy atom. The highest BCUT2D eigenvalue weighted by Crippen LogP contribution is 2.17. The molecular weight excluding hydrogens is 188 g/mol. The smallest absolute Gasteiger partial charge is 0.0474 e. The Morgan fingerprint density at radius 1 is 1.47 bits per heavy atom. The van der Waals surface area contributed by atoms with Gasteiger partial charge in [0, 0.05) is 32.3 Å². The first-order valence-electron chi connectivity index (χ1n) is 6.24. The molecule has 0 spiro atoms. The highest BCUT2D eigenvalue weighted by molar-refractivity contribution is 4.82. The predicted molar refractivity (Wildman–Crippen MR) is 64.2 cm³/mol. The monoisotopic (exact) mass is 214 g/mol. The third kappa shape index (κ3) is 4.49. The molecule has 0 aromatic rings. The molecule has 1 aliphatic heterocycles. The molecule has 15 heavy (non-hydrogen) atoms. The fraction of sp³-hybridized carbons (Fsp3) is 1.00. The Hall–Kier alpha value is -0.120. The number of rotatable bonds is 6. The van der Waals surface area contributed by atoms with Crippen LogP contribution in [0.4, 0.5) is 0 Å². The van der Waals surface area contributed by atoms with Crippen molar-refractivity contribution < 1.29 is 4.74 Å². The molecule has 1 saturated heterocycles. The Balaban J connectivity index is 2.20. The third-order valence-corrected chi connectivity index (χ3v) is 3.30. The number of nitrogens with one attached hydrogen (secondary N) is 1. The summed E-state index contributed by atoms with van der Waals surface area (Å²) in [5, 5.41) is 3.55. The van der Waals surface area contributed by atoms with Crippen molar-refractivity contribution in [3.8, 4) is 0 Å². The quantitative estimate of drug-likeness (QED) is 0.678. The molecule has 90 valence electrons. The molecule has 1 rings (SSSR count). The lowest BCUT2D eigenvalue weighted by atomic mass is 9.98. The van der Waals surface area contributed by atoms with Gasteiger partial charge in [-0.15, -0.1) is 0 Å². The number of likely N-dealkylation sites (tertiary alicyclic amines) is 1. The molecule has 0 aliphatic carbocycles. The van der Waals surface area contributed by atoms with E-state index in [0.717, 1.165) is 31.7 Å². The Bertz CT molecular complexity index is 164. The molecule has 0 radical (unpaired) electrons. The fourth-order valence-corrected chi connectivity index (χ4v) is 2.44.